The molecule has 2 heterocycles. The first-order valence-corrected chi connectivity index (χ1v) is 14.9. The van der Waals surface area contributed by atoms with Gasteiger partial charge in [0.15, 0.2) is 5.78 Å². The molecule has 7 heteroatoms. The van der Waals surface area contributed by atoms with Crippen LogP contribution < -0.4 is 15.5 Å². The number of carbonyl (C=O) groups excluding carboxylic acids is 1. The molecule has 0 spiro atoms. The molecule has 0 N–H and O–H groups in total. The summed E-state index contributed by atoms with van der Waals surface area (Å²) < 4.78 is 7.78. The van der Waals surface area contributed by atoms with Gasteiger partial charge in [0, 0.05) is 69.8 Å². The van der Waals surface area contributed by atoms with Crippen LogP contribution in [0.15, 0.2) is 24.3 Å². The van der Waals surface area contributed by atoms with Crippen molar-refractivity contribution in [2.75, 3.05) is 44.7 Å². The van der Waals surface area contributed by atoms with E-state index in [0.29, 0.717) is 13.2 Å². The molecular weight excluding hydrogens is 404 g/mol. The zero-order valence-corrected chi connectivity index (χ0v) is 20.2. The molecule has 2 aromatic rings. The summed E-state index contributed by atoms with van der Waals surface area (Å²) in [6, 6.07) is 9.79. The largest absolute Gasteiger partial charge is 0.369 e. The first kappa shape index (κ1) is 22.0. The number of hydrogen-bond donors (Lipinski definition) is 0. The van der Waals surface area contributed by atoms with Crippen LogP contribution in [0.25, 0.3) is 23.4 Å². The van der Waals surface area contributed by atoms with Crippen molar-refractivity contribution in [2.24, 2.45) is 0 Å². The summed E-state index contributed by atoms with van der Waals surface area (Å²) in [6.45, 7) is 12.4. The molecule has 2 aliphatic rings. The van der Waals surface area contributed by atoms with Crippen LogP contribution in [0.4, 0.5) is 5.69 Å². The number of ketones is 1. The first-order chi connectivity index (χ1) is 14.8. The summed E-state index contributed by atoms with van der Waals surface area (Å²) >= 11 is 0. The zero-order chi connectivity index (χ0) is 22.0. The van der Waals surface area contributed by atoms with Gasteiger partial charge in [0.2, 0.25) is 0 Å². The number of benzene rings is 1. The Bertz CT molecular complexity index is 1040. The van der Waals surface area contributed by atoms with Gasteiger partial charge >= 0.3 is 0 Å². The molecule has 0 atom stereocenters. The average molecular weight is 439 g/mol. The maximum Gasteiger partial charge on any atom is 0.161 e. The van der Waals surface area contributed by atoms with Crippen molar-refractivity contribution in [1.29, 1.82) is 0 Å². The topological polar surface area (TPSA) is 50.6 Å². The summed E-state index contributed by atoms with van der Waals surface area (Å²) in [5.74, 6) is 0.118. The Balaban J connectivity index is 1.56. The van der Waals surface area contributed by atoms with E-state index < -0.39 is 8.07 Å². The minimum atomic E-state index is -1.14. The van der Waals surface area contributed by atoms with E-state index in [4.69, 9.17) is 9.84 Å². The molecular formula is C24H34N4O2Si. The number of likely N-dealkylation sites (N-methyl/N-ethyl adjacent to an activating group) is 1. The van der Waals surface area contributed by atoms with Gasteiger partial charge in [-0.05, 0) is 25.2 Å². The summed E-state index contributed by atoms with van der Waals surface area (Å²) in [5.41, 5.74) is 3.26. The van der Waals surface area contributed by atoms with Crippen LogP contribution in [0, 0.1) is 0 Å². The highest BCUT2D eigenvalue weighted by Gasteiger charge is 2.17. The second-order valence-electron chi connectivity index (χ2n) is 9.85. The number of nitrogens with zero attached hydrogens (tertiary/aromatic N) is 4. The Kier molecular flexibility index (Phi) is 6.46. The van der Waals surface area contributed by atoms with Gasteiger partial charge in [0.25, 0.3) is 0 Å². The molecule has 1 aromatic carbocycles. The van der Waals surface area contributed by atoms with Crippen molar-refractivity contribution in [3.8, 4) is 11.3 Å². The number of piperazine rings is 1. The monoisotopic (exact) mass is 438 g/mol. The summed E-state index contributed by atoms with van der Waals surface area (Å²) in [4.78, 5) is 16.9. The molecule has 1 aliphatic heterocycles. The maximum absolute atomic E-state index is 12.1. The molecule has 1 aromatic heterocycles. The quantitative estimate of drug-likeness (QED) is 0.490. The van der Waals surface area contributed by atoms with E-state index in [2.05, 4.69) is 60.8 Å². The first-order valence-electron chi connectivity index (χ1n) is 11.2. The normalized spacial score (nSPS) is 17.3. The number of Topliss-reactive ketones (excluding diaryl/α,β-unsaturated/α-hetero) is 1. The molecule has 31 heavy (non-hydrogen) atoms. The Morgan fingerprint density at radius 2 is 1.77 bits per heavy atom. The fraction of sp³-hybridized carbons (Fsp3) is 0.500. The number of aromatic nitrogens is 2. The van der Waals surface area contributed by atoms with E-state index in [-0.39, 0.29) is 5.78 Å². The van der Waals surface area contributed by atoms with Gasteiger partial charge in [-0.3, -0.25) is 4.79 Å². The number of carbonyl (C=O) groups is 1. The number of hydrogen-bond acceptors (Lipinski definition) is 5. The molecule has 0 unspecified atom stereocenters. The van der Waals surface area contributed by atoms with E-state index in [1.165, 1.54) is 5.69 Å². The molecule has 0 radical (unpaired) electrons. The van der Waals surface area contributed by atoms with Crippen molar-refractivity contribution >= 4 is 31.7 Å². The van der Waals surface area contributed by atoms with Crippen molar-refractivity contribution < 1.29 is 9.53 Å². The molecule has 166 valence electrons. The second kappa shape index (κ2) is 9.10. The fourth-order valence-corrected chi connectivity index (χ4v) is 4.75. The molecule has 0 amide bonds. The van der Waals surface area contributed by atoms with Gasteiger partial charge in [-0.15, -0.1) is 0 Å². The lowest BCUT2D eigenvalue weighted by Crippen LogP contribution is -2.44. The van der Waals surface area contributed by atoms with Crippen LogP contribution >= 0.6 is 0 Å². The van der Waals surface area contributed by atoms with Gasteiger partial charge in [-0.1, -0.05) is 37.8 Å². The van der Waals surface area contributed by atoms with Gasteiger partial charge in [-0.25, -0.2) is 4.68 Å². The third-order valence-electron chi connectivity index (χ3n) is 6.05. The number of fused-ring (bicyclic) bond motifs is 1. The fourth-order valence-electron chi connectivity index (χ4n) is 3.99. The van der Waals surface area contributed by atoms with E-state index in [1.54, 1.807) is 6.08 Å². The maximum atomic E-state index is 12.1. The average Bonchev–Trinajstić information content (AvgIpc) is 3.09. The SMILES string of the molecule is CN1CCN(c2ccc(-c3nn(COCC[Si](C)(C)C)c4c3=CCC(=O)C=4)cc2)CC1. The minimum Gasteiger partial charge on any atom is -0.369 e. The van der Waals surface area contributed by atoms with Crippen LogP contribution in [0.5, 0.6) is 0 Å². The molecule has 1 fully saturated rings. The highest BCUT2D eigenvalue weighted by Crippen LogP contribution is 2.21. The van der Waals surface area contributed by atoms with Crippen molar-refractivity contribution in [3.63, 3.8) is 0 Å². The Morgan fingerprint density at radius 1 is 1.06 bits per heavy atom. The second-order valence-corrected chi connectivity index (χ2v) is 15.5. The number of ether oxygens (including phenoxy) is 1. The van der Waals surface area contributed by atoms with Crippen LogP contribution in [0.3, 0.4) is 0 Å². The van der Waals surface area contributed by atoms with E-state index in [1.807, 2.05) is 10.8 Å². The molecule has 4 rings (SSSR count). The van der Waals surface area contributed by atoms with E-state index in [9.17, 15) is 4.79 Å². The van der Waals surface area contributed by atoms with Crippen molar-refractivity contribution in [2.45, 2.75) is 38.8 Å². The Labute approximate surface area is 185 Å². The highest BCUT2D eigenvalue weighted by atomic mass is 28.3. The van der Waals surface area contributed by atoms with Gasteiger partial charge in [0.1, 0.15) is 6.73 Å². The standard InChI is InChI=1S/C24H34N4O2Si/c1-26-11-13-27(14-12-26)20-7-5-19(6-8-20)24-22-10-9-21(29)17-23(22)28(25-24)18-30-15-16-31(2,3)4/h5-8,10,17H,9,11-16,18H2,1-4H3. The molecule has 0 bridgehead atoms. The van der Waals surface area contributed by atoms with Crippen molar-refractivity contribution in [3.05, 3.63) is 34.8 Å². The Hall–Kier alpha value is -2.22. The molecule has 1 aliphatic carbocycles. The van der Waals surface area contributed by atoms with Crippen LogP contribution in [-0.4, -0.2) is 68.4 Å². The smallest absolute Gasteiger partial charge is 0.161 e. The highest BCUT2D eigenvalue weighted by molar-refractivity contribution is 6.76. The third kappa shape index (κ3) is 5.34. The van der Waals surface area contributed by atoms with Gasteiger partial charge in [0.05, 0.1) is 11.0 Å². The number of anilines is 1. The van der Waals surface area contributed by atoms with Crippen molar-refractivity contribution in [1.82, 2.24) is 14.7 Å². The zero-order valence-electron chi connectivity index (χ0n) is 19.2. The van der Waals surface area contributed by atoms with Crippen LogP contribution in [0.1, 0.15) is 6.42 Å². The summed E-state index contributed by atoms with van der Waals surface area (Å²) in [6.07, 6.45) is 4.15. The lowest BCUT2D eigenvalue weighted by molar-refractivity contribution is -0.112. The molecule has 0 saturated carbocycles. The minimum absolute atomic E-state index is 0.118. The van der Waals surface area contributed by atoms with Crippen LogP contribution in [0.2, 0.25) is 25.7 Å². The number of rotatable bonds is 7. The predicted octanol–water partition coefficient (Wildman–Crippen LogP) is 2.15. The molecule has 1 saturated heterocycles. The summed E-state index contributed by atoms with van der Waals surface area (Å²) in [7, 11) is 1.04. The Morgan fingerprint density at radius 3 is 2.45 bits per heavy atom. The lowest BCUT2D eigenvalue weighted by Gasteiger charge is -2.34. The predicted molar refractivity (Wildman–Crippen MR) is 129 cm³/mol. The third-order valence-corrected chi connectivity index (χ3v) is 7.76. The summed E-state index contributed by atoms with van der Waals surface area (Å²) in [5, 5.41) is 6.76. The lowest BCUT2D eigenvalue weighted by atomic mass is 10.1. The van der Waals surface area contributed by atoms with E-state index in [0.717, 1.165) is 60.7 Å². The van der Waals surface area contributed by atoms with Crippen LogP contribution in [-0.2, 0) is 16.3 Å². The van der Waals surface area contributed by atoms with Gasteiger partial charge in [-0.2, -0.15) is 5.10 Å². The van der Waals surface area contributed by atoms with E-state index >= 15 is 0 Å². The van der Waals surface area contributed by atoms with Gasteiger partial charge < -0.3 is 14.5 Å². The molecule has 6 nitrogen and oxygen atoms in total.